The zero-order valence-electron chi connectivity index (χ0n) is 22.3. The Bertz CT molecular complexity index is 1050. The molecular weight excluding hydrogens is 486 g/mol. The monoisotopic (exact) mass is 525 g/mol. The van der Waals surface area contributed by atoms with Gasteiger partial charge in [0.15, 0.2) is 0 Å². The van der Waals surface area contributed by atoms with Gasteiger partial charge in [-0.1, -0.05) is 24.3 Å². The highest BCUT2D eigenvalue weighted by molar-refractivity contribution is 6.27. The first-order valence-corrected chi connectivity index (χ1v) is 13.3. The molecule has 2 aromatic rings. The minimum absolute atomic E-state index is 0.180. The van der Waals surface area contributed by atoms with Crippen molar-refractivity contribution < 1.29 is 29.3 Å². The lowest BCUT2D eigenvalue weighted by Crippen LogP contribution is -2.47. The molecule has 2 N–H and O–H groups in total. The maximum absolute atomic E-state index is 12.7. The van der Waals surface area contributed by atoms with E-state index in [4.69, 9.17) is 24.5 Å². The van der Waals surface area contributed by atoms with Gasteiger partial charge >= 0.3 is 11.9 Å². The van der Waals surface area contributed by atoms with Gasteiger partial charge in [0, 0.05) is 51.4 Å². The van der Waals surface area contributed by atoms with E-state index in [1.54, 1.807) is 0 Å². The molecule has 2 aliphatic heterocycles. The number of piperazine rings is 1. The van der Waals surface area contributed by atoms with Crippen molar-refractivity contribution in [2.45, 2.75) is 45.6 Å². The Balaban J connectivity index is 0.000000599. The molecule has 0 aliphatic carbocycles. The number of benzene rings is 2. The molecule has 0 aromatic heterocycles. The largest absolute Gasteiger partial charge is 0.489 e. The van der Waals surface area contributed by atoms with Gasteiger partial charge in [-0.05, 0) is 69.4 Å². The van der Waals surface area contributed by atoms with Crippen LogP contribution in [0.4, 0.5) is 5.69 Å². The number of hydrogen-bond donors (Lipinski definition) is 2. The van der Waals surface area contributed by atoms with Gasteiger partial charge in [0.2, 0.25) is 0 Å². The van der Waals surface area contributed by atoms with E-state index < -0.39 is 11.9 Å². The first-order valence-electron chi connectivity index (χ1n) is 13.3. The van der Waals surface area contributed by atoms with Crippen LogP contribution in [0.15, 0.2) is 48.5 Å². The second kappa shape index (κ2) is 14.4. The molecule has 9 nitrogen and oxygen atoms in total. The van der Waals surface area contributed by atoms with Crippen LogP contribution in [-0.4, -0.2) is 89.8 Å². The molecule has 38 heavy (non-hydrogen) atoms. The molecular formula is C29H39N3O6. The van der Waals surface area contributed by atoms with E-state index >= 15 is 0 Å². The number of piperidine rings is 1. The van der Waals surface area contributed by atoms with E-state index in [-0.39, 0.29) is 12.0 Å². The van der Waals surface area contributed by atoms with Gasteiger partial charge < -0.3 is 24.7 Å². The standard InChI is InChI=1S/C27H37N3O2.C2H2O4/c1-22(2)32-26-9-5-4-8-25(26)29-20-18-28(19-21-29)17-14-23-10-12-24(13-11-23)27(31)30-15-6-3-7-16-30;3-1(4)2(5)6/h4-5,8-13,22H,3,6-7,14-21H2,1-2H3;(H,3,4)(H,5,6). The number of para-hydroxylation sites is 2. The lowest BCUT2D eigenvalue weighted by atomic mass is 10.1. The average molecular weight is 526 g/mol. The maximum atomic E-state index is 12.7. The summed E-state index contributed by atoms with van der Waals surface area (Å²) in [5.41, 5.74) is 3.33. The van der Waals surface area contributed by atoms with E-state index in [1.165, 1.54) is 17.7 Å². The Morgan fingerprint density at radius 3 is 2.00 bits per heavy atom. The van der Waals surface area contributed by atoms with E-state index in [1.807, 2.05) is 23.1 Å². The van der Waals surface area contributed by atoms with Crippen LogP contribution in [0.2, 0.25) is 0 Å². The lowest BCUT2D eigenvalue weighted by molar-refractivity contribution is -0.159. The number of nitrogens with zero attached hydrogens (tertiary/aromatic N) is 3. The summed E-state index contributed by atoms with van der Waals surface area (Å²) in [5, 5.41) is 14.8. The van der Waals surface area contributed by atoms with E-state index in [9.17, 15) is 4.79 Å². The molecule has 2 aliphatic rings. The third kappa shape index (κ3) is 8.76. The summed E-state index contributed by atoms with van der Waals surface area (Å²) in [6.45, 7) is 11.2. The van der Waals surface area contributed by atoms with Crippen LogP contribution in [0.1, 0.15) is 49.0 Å². The minimum Gasteiger partial charge on any atom is -0.489 e. The Labute approximate surface area is 224 Å². The quantitative estimate of drug-likeness (QED) is 0.528. The Morgan fingerprint density at radius 2 is 1.42 bits per heavy atom. The Hall–Kier alpha value is -3.59. The van der Waals surface area contributed by atoms with E-state index in [2.05, 4.69) is 54.0 Å². The number of carboxylic acid groups (broad SMARTS) is 2. The van der Waals surface area contributed by atoms with Crippen molar-refractivity contribution in [1.82, 2.24) is 9.80 Å². The number of carbonyl (C=O) groups is 3. The summed E-state index contributed by atoms with van der Waals surface area (Å²) in [5.74, 6) is -2.48. The van der Waals surface area contributed by atoms with Crippen molar-refractivity contribution in [2.24, 2.45) is 0 Å². The number of amides is 1. The SMILES string of the molecule is CC(C)Oc1ccccc1N1CCN(CCc2ccc(C(=O)N3CCCCC3)cc2)CC1.O=C(O)C(=O)O. The zero-order valence-corrected chi connectivity index (χ0v) is 22.3. The zero-order chi connectivity index (χ0) is 27.5. The molecule has 2 heterocycles. The van der Waals surface area contributed by atoms with Gasteiger partial charge in [0.1, 0.15) is 5.75 Å². The third-order valence-electron chi connectivity index (χ3n) is 6.68. The number of ether oxygens (including phenoxy) is 1. The van der Waals surface area contributed by atoms with Crippen LogP contribution in [-0.2, 0) is 16.0 Å². The van der Waals surface area contributed by atoms with Gasteiger partial charge in [0.05, 0.1) is 11.8 Å². The van der Waals surface area contributed by atoms with Gasteiger partial charge in [0.25, 0.3) is 5.91 Å². The molecule has 4 rings (SSSR count). The molecule has 0 radical (unpaired) electrons. The molecule has 1 amide bonds. The van der Waals surface area contributed by atoms with Crippen LogP contribution in [0, 0.1) is 0 Å². The maximum Gasteiger partial charge on any atom is 0.414 e. The number of rotatable bonds is 7. The third-order valence-corrected chi connectivity index (χ3v) is 6.68. The Morgan fingerprint density at radius 1 is 0.816 bits per heavy atom. The first kappa shape index (κ1) is 29.0. The normalized spacial score (nSPS) is 16.0. The lowest BCUT2D eigenvalue weighted by Gasteiger charge is -2.37. The molecule has 9 heteroatoms. The topological polar surface area (TPSA) is 111 Å². The predicted octanol–water partition coefficient (Wildman–Crippen LogP) is 3.62. The second-order valence-corrected chi connectivity index (χ2v) is 9.87. The smallest absolute Gasteiger partial charge is 0.414 e. The van der Waals surface area contributed by atoms with Crippen LogP contribution >= 0.6 is 0 Å². The van der Waals surface area contributed by atoms with Crippen molar-refractivity contribution >= 4 is 23.5 Å². The van der Waals surface area contributed by atoms with E-state index in [0.29, 0.717) is 0 Å². The number of hydrogen-bond acceptors (Lipinski definition) is 6. The molecule has 2 saturated heterocycles. The molecule has 0 bridgehead atoms. The van der Waals surface area contributed by atoms with Crippen LogP contribution in [0.5, 0.6) is 5.75 Å². The molecule has 0 unspecified atom stereocenters. The highest BCUT2D eigenvalue weighted by atomic mass is 16.5. The van der Waals surface area contributed by atoms with Gasteiger partial charge in [-0.15, -0.1) is 0 Å². The summed E-state index contributed by atoms with van der Waals surface area (Å²) in [6, 6.07) is 16.7. The second-order valence-electron chi connectivity index (χ2n) is 9.87. The van der Waals surface area contributed by atoms with Crippen molar-refractivity contribution in [3.05, 3.63) is 59.7 Å². The summed E-state index contributed by atoms with van der Waals surface area (Å²) in [7, 11) is 0. The minimum atomic E-state index is -1.82. The highest BCUT2D eigenvalue weighted by Gasteiger charge is 2.21. The van der Waals surface area contributed by atoms with Crippen LogP contribution in [0.25, 0.3) is 0 Å². The summed E-state index contributed by atoms with van der Waals surface area (Å²) >= 11 is 0. The molecule has 2 fully saturated rings. The molecule has 206 valence electrons. The van der Waals surface area contributed by atoms with Crippen molar-refractivity contribution in [3.8, 4) is 5.75 Å². The predicted molar refractivity (Wildman–Crippen MR) is 146 cm³/mol. The highest BCUT2D eigenvalue weighted by Crippen LogP contribution is 2.29. The number of aliphatic carboxylic acids is 2. The average Bonchev–Trinajstić information content (AvgIpc) is 2.93. The van der Waals surface area contributed by atoms with Crippen molar-refractivity contribution in [2.75, 3.05) is 50.7 Å². The molecule has 2 aromatic carbocycles. The number of anilines is 1. The van der Waals surface area contributed by atoms with Gasteiger partial charge in [-0.3, -0.25) is 9.69 Å². The molecule has 0 spiro atoms. The fourth-order valence-corrected chi connectivity index (χ4v) is 4.67. The summed E-state index contributed by atoms with van der Waals surface area (Å²) in [4.78, 5) is 37.8. The fourth-order valence-electron chi connectivity index (χ4n) is 4.67. The molecule has 0 saturated carbocycles. The van der Waals surface area contributed by atoms with Crippen LogP contribution in [0.3, 0.4) is 0 Å². The van der Waals surface area contributed by atoms with Crippen molar-refractivity contribution in [3.63, 3.8) is 0 Å². The molecule has 0 atom stereocenters. The van der Waals surface area contributed by atoms with Gasteiger partial charge in [-0.25, -0.2) is 9.59 Å². The first-order chi connectivity index (χ1) is 18.2. The number of carboxylic acids is 2. The summed E-state index contributed by atoms with van der Waals surface area (Å²) in [6.07, 6.45) is 4.71. The van der Waals surface area contributed by atoms with Crippen molar-refractivity contribution in [1.29, 1.82) is 0 Å². The number of likely N-dealkylation sites (tertiary alicyclic amines) is 1. The van der Waals surface area contributed by atoms with E-state index in [0.717, 1.165) is 76.4 Å². The van der Waals surface area contributed by atoms with Gasteiger partial charge in [-0.2, -0.15) is 0 Å². The Kier molecular flexibility index (Phi) is 11.0. The number of carbonyl (C=O) groups excluding carboxylic acids is 1. The fraction of sp³-hybridized carbons (Fsp3) is 0.483. The summed E-state index contributed by atoms with van der Waals surface area (Å²) < 4.78 is 6.01. The van der Waals surface area contributed by atoms with Crippen LogP contribution < -0.4 is 9.64 Å².